The summed E-state index contributed by atoms with van der Waals surface area (Å²) in [7, 11) is 0. The zero-order valence-electron chi connectivity index (χ0n) is 14.9. The standard InChI is InChI=1S/C19H28O4/c1-6-14-13(5)11-16(19(22)23-7-2)17(18(20)21)15(14)10-8-9-12(3)4/h11-12H,6-10H2,1-5H3,(H,20,21). The Morgan fingerprint density at radius 1 is 1.22 bits per heavy atom. The first-order valence-electron chi connectivity index (χ1n) is 8.39. The van der Waals surface area contributed by atoms with Crippen molar-refractivity contribution in [2.24, 2.45) is 5.92 Å². The van der Waals surface area contributed by atoms with Gasteiger partial charge in [0.25, 0.3) is 0 Å². The summed E-state index contributed by atoms with van der Waals surface area (Å²) in [5.41, 5.74) is 3.09. The number of rotatable bonds is 8. The van der Waals surface area contributed by atoms with E-state index in [1.54, 1.807) is 13.0 Å². The summed E-state index contributed by atoms with van der Waals surface area (Å²) in [6.45, 7) is 10.2. The van der Waals surface area contributed by atoms with Crippen LogP contribution in [0, 0.1) is 12.8 Å². The monoisotopic (exact) mass is 320 g/mol. The average Bonchev–Trinajstić information content (AvgIpc) is 2.46. The van der Waals surface area contributed by atoms with E-state index in [0.717, 1.165) is 36.0 Å². The van der Waals surface area contributed by atoms with Crippen molar-refractivity contribution in [1.29, 1.82) is 0 Å². The van der Waals surface area contributed by atoms with E-state index in [1.165, 1.54) is 0 Å². The van der Waals surface area contributed by atoms with Crippen molar-refractivity contribution in [3.05, 3.63) is 33.9 Å². The van der Waals surface area contributed by atoms with Gasteiger partial charge < -0.3 is 9.84 Å². The second-order valence-electron chi connectivity index (χ2n) is 6.24. The first-order chi connectivity index (χ1) is 10.8. The van der Waals surface area contributed by atoms with E-state index in [9.17, 15) is 14.7 Å². The first-order valence-corrected chi connectivity index (χ1v) is 8.39. The lowest BCUT2D eigenvalue weighted by Crippen LogP contribution is -2.17. The molecule has 1 aromatic carbocycles. The molecule has 0 radical (unpaired) electrons. The highest BCUT2D eigenvalue weighted by molar-refractivity contribution is 6.04. The van der Waals surface area contributed by atoms with Crippen molar-refractivity contribution >= 4 is 11.9 Å². The van der Waals surface area contributed by atoms with Crippen LogP contribution in [0.2, 0.25) is 0 Å². The quantitative estimate of drug-likeness (QED) is 0.721. The minimum atomic E-state index is -1.05. The second kappa shape index (κ2) is 8.70. The summed E-state index contributed by atoms with van der Waals surface area (Å²) in [5, 5.41) is 9.68. The number of carbonyl (C=O) groups excluding carboxylic acids is 1. The molecule has 0 aliphatic carbocycles. The van der Waals surface area contributed by atoms with E-state index < -0.39 is 11.9 Å². The third kappa shape index (κ3) is 4.81. The number of hydrogen-bond acceptors (Lipinski definition) is 3. The molecule has 4 heteroatoms. The van der Waals surface area contributed by atoms with Crippen LogP contribution in [0.15, 0.2) is 6.07 Å². The highest BCUT2D eigenvalue weighted by Gasteiger charge is 2.24. The molecular formula is C19H28O4. The van der Waals surface area contributed by atoms with Crippen LogP contribution >= 0.6 is 0 Å². The first kappa shape index (κ1) is 19.2. The van der Waals surface area contributed by atoms with Crippen molar-refractivity contribution in [3.63, 3.8) is 0 Å². The summed E-state index contributed by atoms with van der Waals surface area (Å²) in [6, 6.07) is 1.66. The predicted octanol–water partition coefficient (Wildman–Crippen LogP) is 4.41. The minimum Gasteiger partial charge on any atom is -0.478 e. The Labute approximate surface area is 138 Å². The smallest absolute Gasteiger partial charge is 0.339 e. The van der Waals surface area contributed by atoms with Gasteiger partial charge in [-0.2, -0.15) is 0 Å². The molecule has 1 N–H and O–H groups in total. The molecule has 0 bridgehead atoms. The number of aryl methyl sites for hydroxylation is 1. The Hall–Kier alpha value is -1.84. The molecule has 0 saturated carbocycles. The third-order valence-corrected chi connectivity index (χ3v) is 4.04. The number of esters is 1. The summed E-state index contributed by atoms with van der Waals surface area (Å²) < 4.78 is 5.04. The van der Waals surface area contributed by atoms with Crippen LogP contribution in [0.25, 0.3) is 0 Å². The fourth-order valence-corrected chi connectivity index (χ4v) is 3.00. The van der Waals surface area contributed by atoms with Gasteiger partial charge in [0.05, 0.1) is 17.7 Å². The van der Waals surface area contributed by atoms with Gasteiger partial charge in [-0.05, 0) is 61.8 Å². The highest BCUT2D eigenvalue weighted by atomic mass is 16.5. The number of carboxylic acids is 1. The topological polar surface area (TPSA) is 63.6 Å². The van der Waals surface area contributed by atoms with Gasteiger partial charge in [0, 0.05) is 0 Å². The van der Waals surface area contributed by atoms with E-state index in [0.29, 0.717) is 12.3 Å². The van der Waals surface area contributed by atoms with Gasteiger partial charge in [0.1, 0.15) is 0 Å². The van der Waals surface area contributed by atoms with Crippen LogP contribution in [0.3, 0.4) is 0 Å². The number of carbonyl (C=O) groups is 2. The summed E-state index contributed by atoms with van der Waals surface area (Å²) >= 11 is 0. The van der Waals surface area contributed by atoms with E-state index in [2.05, 4.69) is 13.8 Å². The summed E-state index contributed by atoms with van der Waals surface area (Å²) in [4.78, 5) is 24.0. The molecule has 0 saturated heterocycles. The molecule has 0 heterocycles. The van der Waals surface area contributed by atoms with E-state index >= 15 is 0 Å². The van der Waals surface area contributed by atoms with Crippen molar-refractivity contribution < 1.29 is 19.4 Å². The largest absolute Gasteiger partial charge is 0.478 e. The molecule has 4 nitrogen and oxygen atoms in total. The molecule has 128 valence electrons. The number of carboxylic acid groups (broad SMARTS) is 1. The van der Waals surface area contributed by atoms with Gasteiger partial charge in [-0.1, -0.05) is 27.2 Å². The van der Waals surface area contributed by atoms with Crippen LogP contribution in [-0.2, 0) is 17.6 Å². The molecule has 23 heavy (non-hydrogen) atoms. The van der Waals surface area contributed by atoms with Crippen molar-refractivity contribution in [1.82, 2.24) is 0 Å². The molecule has 0 amide bonds. The van der Waals surface area contributed by atoms with Gasteiger partial charge in [0.2, 0.25) is 0 Å². The van der Waals surface area contributed by atoms with E-state index in [4.69, 9.17) is 4.74 Å². The fourth-order valence-electron chi connectivity index (χ4n) is 3.00. The van der Waals surface area contributed by atoms with E-state index in [1.807, 2.05) is 13.8 Å². The number of benzene rings is 1. The Balaban J connectivity index is 3.41. The Bertz CT molecular complexity index is 573. The lowest BCUT2D eigenvalue weighted by Gasteiger charge is -2.18. The lowest BCUT2D eigenvalue weighted by molar-refractivity contribution is 0.0514. The third-order valence-electron chi connectivity index (χ3n) is 4.04. The summed E-state index contributed by atoms with van der Waals surface area (Å²) in [5.74, 6) is -1.04. The van der Waals surface area contributed by atoms with Gasteiger partial charge in [0.15, 0.2) is 0 Å². The Morgan fingerprint density at radius 2 is 1.87 bits per heavy atom. The molecule has 1 aromatic rings. The maximum atomic E-state index is 12.2. The number of hydrogen-bond donors (Lipinski definition) is 1. The molecule has 0 spiro atoms. The average molecular weight is 320 g/mol. The molecule has 0 aromatic heterocycles. The highest BCUT2D eigenvalue weighted by Crippen LogP contribution is 2.27. The molecule has 1 rings (SSSR count). The predicted molar refractivity (Wildman–Crippen MR) is 91.2 cm³/mol. The van der Waals surface area contributed by atoms with Gasteiger partial charge in [-0.3, -0.25) is 0 Å². The molecule has 0 atom stereocenters. The Morgan fingerprint density at radius 3 is 2.35 bits per heavy atom. The van der Waals surface area contributed by atoms with Crippen LogP contribution in [0.5, 0.6) is 0 Å². The molecule has 0 aliphatic rings. The Kier molecular flexibility index (Phi) is 7.27. The van der Waals surface area contributed by atoms with Crippen LogP contribution < -0.4 is 0 Å². The zero-order chi connectivity index (χ0) is 17.6. The maximum absolute atomic E-state index is 12.2. The number of aromatic carboxylic acids is 1. The van der Waals surface area contributed by atoms with Crippen LogP contribution in [0.1, 0.15) is 77.9 Å². The number of ether oxygens (including phenoxy) is 1. The molecule has 0 unspecified atom stereocenters. The SMILES string of the molecule is CCOC(=O)c1cc(C)c(CC)c(CCCC(C)C)c1C(=O)O. The van der Waals surface area contributed by atoms with Gasteiger partial charge >= 0.3 is 11.9 Å². The molecular weight excluding hydrogens is 292 g/mol. The molecule has 0 fully saturated rings. The second-order valence-corrected chi connectivity index (χ2v) is 6.24. The van der Waals surface area contributed by atoms with Crippen LogP contribution in [-0.4, -0.2) is 23.7 Å². The normalized spacial score (nSPS) is 10.9. The maximum Gasteiger partial charge on any atom is 0.339 e. The van der Waals surface area contributed by atoms with Crippen molar-refractivity contribution in [3.8, 4) is 0 Å². The lowest BCUT2D eigenvalue weighted by atomic mass is 9.87. The van der Waals surface area contributed by atoms with Crippen molar-refractivity contribution in [2.45, 2.75) is 60.3 Å². The van der Waals surface area contributed by atoms with Crippen molar-refractivity contribution in [2.75, 3.05) is 6.61 Å². The fraction of sp³-hybridized carbons (Fsp3) is 0.579. The minimum absolute atomic E-state index is 0.120. The van der Waals surface area contributed by atoms with Gasteiger partial charge in [-0.15, -0.1) is 0 Å². The zero-order valence-corrected chi connectivity index (χ0v) is 14.9. The summed E-state index contributed by atoms with van der Waals surface area (Å²) in [6.07, 6.45) is 3.38. The molecule has 0 aliphatic heterocycles. The van der Waals surface area contributed by atoms with Crippen LogP contribution in [0.4, 0.5) is 0 Å². The van der Waals surface area contributed by atoms with Gasteiger partial charge in [-0.25, -0.2) is 9.59 Å². The van der Waals surface area contributed by atoms with E-state index in [-0.39, 0.29) is 17.7 Å².